The molecule has 1 aliphatic carbocycles. The van der Waals surface area contributed by atoms with Gasteiger partial charge in [0.2, 0.25) is 10.0 Å². The number of aromatic nitrogens is 2. The van der Waals surface area contributed by atoms with Crippen LogP contribution < -0.4 is 0 Å². The molecular formula is C23H23FN4O3S. The van der Waals surface area contributed by atoms with Crippen molar-refractivity contribution in [3.63, 3.8) is 0 Å². The van der Waals surface area contributed by atoms with Crippen LogP contribution in [0.2, 0.25) is 0 Å². The molecule has 166 valence electrons. The number of benzene rings is 2. The van der Waals surface area contributed by atoms with Gasteiger partial charge in [0.05, 0.1) is 10.6 Å². The standard InChI is InChI=1S/C23H23FN4O3S/c24-17-9-11-18(12-10-17)28-21-8-4-7-20(21)22(25-28)23(29)26-13-15-27(16-14-26)32(30,31)19-5-2-1-3-6-19/h1-3,5-6,9-12H,4,7-8,13-16H2. The highest BCUT2D eigenvalue weighted by Gasteiger charge is 2.34. The second-order valence-corrected chi connectivity index (χ2v) is 9.96. The lowest BCUT2D eigenvalue weighted by Gasteiger charge is -2.33. The smallest absolute Gasteiger partial charge is 0.274 e. The summed E-state index contributed by atoms with van der Waals surface area (Å²) in [5.41, 5.74) is 3.08. The number of carbonyl (C=O) groups is 1. The average molecular weight is 455 g/mol. The fraction of sp³-hybridized carbons (Fsp3) is 0.304. The highest BCUT2D eigenvalue weighted by molar-refractivity contribution is 7.89. The Morgan fingerprint density at radius 3 is 2.28 bits per heavy atom. The van der Waals surface area contributed by atoms with Gasteiger partial charge in [-0.3, -0.25) is 4.79 Å². The van der Waals surface area contributed by atoms with Gasteiger partial charge in [-0.1, -0.05) is 18.2 Å². The van der Waals surface area contributed by atoms with Crippen LogP contribution in [0.4, 0.5) is 4.39 Å². The van der Waals surface area contributed by atoms with Gasteiger partial charge in [0.15, 0.2) is 5.69 Å². The second-order valence-electron chi connectivity index (χ2n) is 8.02. The van der Waals surface area contributed by atoms with Gasteiger partial charge in [-0.2, -0.15) is 9.40 Å². The normalized spacial score (nSPS) is 16.8. The monoisotopic (exact) mass is 454 g/mol. The Kier molecular flexibility index (Phi) is 5.30. The van der Waals surface area contributed by atoms with E-state index in [9.17, 15) is 17.6 Å². The molecule has 9 heteroatoms. The number of fused-ring (bicyclic) bond motifs is 1. The lowest BCUT2D eigenvalue weighted by molar-refractivity contribution is 0.0690. The average Bonchev–Trinajstić information content (AvgIpc) is 3.43. The van der Waals surface area contributed by atoms with E-state index in [0.29, 0.717) is 18.8 Å². The van der Waals surface area contributed by atoms with E-state index in [1.165, 1.54) is 16.4 Å². The number of piperazine rings is 1. The van der Waals surface area contributed by atoms with Gasteiger partial charge in [-0.15, -0.1) is 0 Å². The molecule has 0 N–H and O–H groups in total. The molecule has 1 fully saturated rings. The summed E-state index contributed by atoms with van der Waals surface area (Å²) in [7, 11) is -3.58. The third-order valence-electron chi connectivity index (χ3n) is 6.11. The van der Waals surface area contributed by atoms with Gasteiger partial charge in [-0.05, 0) is 55.7 Å². The zero-order chi connectivity index (χ0) is 22.3. The predicted octanol–water partition coefficient (Wildman–Crippen LogP) is 2.65. The number of halogens is 1. The third-order valence-corrected chi connectivity index (χ3v) is 8.02. The summed E-state index contributed by atoms with van der Waals surface area (Å²) < 4.78 is 42.2. The van der Waals surface area contributed by atoms with E-state index in [1.54, 1.807) is 52.0 Å². The van der Waals surface area contributed by atoms with Crippen LogP contribution >= 0.6 is 0 Å². The first-order valence-electron chi connectivity index (χ1n) is 10.7. The fourth-order valence-electron chi connectivity index (χ4n) is 4.43. The van der Waals surface area contributed by atoms with Crippen molar-refractivity contribution < 1.29 is 17.6 Å². The Bertz CT molecular complexity index is 1250. The minimum Gasteiger partial charge on any atom is -0.335 e. The van der Waals surface area contributed by atoms with Gasteiger partial charge in [0, 0.05) is 37.4 Å². The van der Waals surface area contributed by atoms with Crippen LogP contribution in [0, 0.1) is 5.82 Å². The Hall–Kier alpha value is -3.04. The maximum Gasteiger partial charge on any atom is 0.274 e. The van der Waals surface area contributed by atoms with Crippen molar-refractivity contribution in [2.24, 2.45) is 0 Å². The summed E-state index contributed by atoms with van der Waals surface area (Å²) in [5, 5.41) is 4.59. The van der Waals surface area contributed by atoms with E-state index in [4.69, 9.17) is 0 Å². The van der Waals surface area contributed by atoms with Crippen LogP contribution in [-0.4, -0.2) is 59.5 Å². The number of rotatable bonds is 4. The van der Waals surface area contributed by atoms with Crippen molar-refractivity contribution in [3.05, 3.63) is 77.4 Å². The first kappa shape index (κ1) is 20.8. The molecule has 0 saturated carbocycles. The van der Waals surface area contributed by atoms with E-state index in [-0.39, 0.29) is 29.7 Å². The zero-order valence-corrected chi connectivity index (χ0v) is 18.3. The fourth-order valence-corrected chi connectivity index (χ4v) is 5.87. The molecule has 1 aliphatic heterocycles. The van der Waals surface area contributed by atoms with Crippen LogP contribution in [0.15, 0.2) is 59.5 Å². The minimum atomic E-state index is -3.58. The lowest BCUT2D eigenvalue weighted by Crippen LogP contribution is -2.50. The van der Waals surface area contributed by atoms with Crippen LogP contribution in [0.3, 0.4) is 0 Å². The topological polar surface area (TPSA) is 75.5 Å². The van der Waals surface area contributed by atoms with Gasteiger partial charge < -0.3 is 4.90 Å². The summed E-state index contributed by atoms with van der Waals surface area (Å²) in [6.07, 6.45) is 2.54. The molecule has 1 saturated heterocycles. The second kappa shape index (κ2) is 8.14. The Morgan fingerprint density at radius 2 is 1.59 bits per heavy atom. The molecule has 3 aromatic rings. The van der Waals surface area contributed by atoms with E-state index >= 15 is 0 Å². The highest BCUT2D eigenvalue weighted by Crippen LogP contribution is 2.29. The van der Waals surface area contributed by atoms with Crippen LogP contribution in [0.5, 0.6) is 0 Å². The van der Waals surface area contributed by atoms with Crippen LogP contribution in [0.25, 0.3) is 5.69 Å². The summed E-state index contributed by atoms with van der Waals surface area (Å²) in [6, 6.07) is 14.4. The number of carbonyl (C=O) groups excluding carboxylic acids is 1. The Morgan fingerprint density at radius 1 is 0.906 bits per heavy atom. The quantitative estimate of drug-likeness (QED) is 0.608. The molecule has 5 rings (SSSR count). The van der Waals surface area contributed by atoms with Crippen molar-refractivity contribution in [3.8, 4) is 5.69 Å². The molecule has 1 aromatic heterocycles. The molecule has 0 unspecified atom stereocenters. The number of nitrogens with zero attached hydrogens (tertiary/aromatic N) is 4. The first-order chi connectivity index (χ1) is 15.4. The van der Waals surface area contributed by atoms with E-state index in [0.717, 1.165) is 36.2 Å². The first-order valence-corrected chi connectivity index (χ1v) is 12.1. The van der Waals surface area contributed by atoms with Crippen molar-refractivity contribution in [1.29, 1.82) is 0 Å². The SMILES string of the molecule is O=C(c1nn(-c2ccc(F)cc2)c2c1CCC2)N1CCN(S(=O)(=O)c2ccccc2)CC1. The molecule has 2 aromatic carbocycles. The van der Waals surface area contributed by atoms with Crippen LogP contribution in [-0.2, 0) is 22.9 Å². The van der Waals surface area contributed by atoms with Gasteiger partial charge in [0.1, 0.15) is 5.82 Å². The zero-order valence-electron chi connectivity index (χ0n) is 17.4. The number of amides is 1. The summed E-state index contributed by atoms with van der Waals surface area (Å²) in [6.45, 7) is 1.10. The van der Waals surface area contributed by atoms with Crippen molar-refractivity contribution >= 4 is 15.9 Å². The molecule has 0 bridgehead atoms. The molecule has 0 spiro atoms. The van der Waals surface area contributed by atoms with E-state index < -0.39 is 10.0 Å². The maximum atomic E-state index is 13.3. The number of hydrogen-bond donors (Lipinski definition) is 0. The summed E-state index contributed by atoms with van der Waals surface area (Å²) >= 11 is 0. The molecule has 1 amide bonds. The molecule has 2 heterocycles. The Labute approximate surface area is 186 Å². The Balaban J connectivity index is 1.35. The van der Waals surface area contributed by atoms with Crippen LogP contribution in [0.1, 0.15) is 28.2 Å². The summed E-state index contributed by atoms with van der Waals surface area (Å²) in [5.74, 6) is -0.502. The number of sulfonamides is 1. The molecule has 0 atom stereocenters. The largest absolute Gasteiger partial charge is 0.335 e. The van der Waals surface area contributed by atoms with Gasteiger partial charge in [0.25, 0.3) is 5.91 Å². The molecule has 0 radical (unpaired) electrons. The van der Waals surface area contributed by atoms with Crippen molar-refractivity contribution in [2.45, 2.75) is 24.2 Å². The molecule has 2 aliphatic rings. The summed E-state index contributed by atoms with van der Waals surface area (Å²) in [4.78, 5) is 15.2. The van der Waals surface area contributed by atoms with Gasteiger partial charge in [-0.25, -0.2) is 17.5 Å². The number of hydrogen-bond acceptors (Lipinski definition) is 4. The third kappa shape index (κ3) is 3.61. The maximum absolute atomic E-state index is 13.3. The predicted molar refractivity (Wildman–Crippen MR) is 117 cm³/mol. The van der Waals surface area contributed by atoms with Crippen molar-refractivity contribution in [2.75, 3.05) is 26.2 Å². The minimum absolute atomic E-state index is 0.180. The molecule has 32 heavy (non-hydrogen) atoms. The highest BCUT2D eigenvalue weighted by atomic mass is 32.2. The van der Waals surface area contributed by atoms with Crippen molar-refractivity contribution in [1.82, 2.24) is 19.0 Å². The van der Waals surface area contributed by atoms with Gasteiger partial charge >= 0.3 is 0 Å². The lowest BCUT2D eigenvalue weighted by atomic mass is 10.1. The van der Waals surface area contributed by atoms with E-state index in [2.05, 4.69) is 5.10 Å². The molecular weight excluding hydrogens is 431 g/mol. The van der Waals surface area contributed by atoms with E-state index in [1.807, 2.05) is 0 Å². The molecule has 7 nitrogen and oxygen atoms in total.